The lowest BCUT2D eigenvalue weighted by molar-refractivity contribution is -0.126. The fourth-order valence-electron chi connectivity index (χ4n) is 2.64. The van der Waals surface area contributed by atoms with Gasteiger partial charge in [0.1, 0.15) is 11.9 Å². The highest BCUT2D eigenvalue weighted by atomic mass is 32.2. The zero-order valence-electron chi connectivity index (χ0n) is 13.5. The number of carbonyl (C=O) groups excluding carboxylic acids is 1. The Labute approximate surface area is 136 Å². The zero-order chi connectivity index (χ0) is 17.0. The number of sulfonamides is 1. The predicted molar refractivity (Wildman–Crippen MR) is 85.8 cm³/mol. The molecule has 1 saturated heterocycles. The lowest BCUT2D eigenvalue weighted by Crippen LogP contribution is -2.53. The number of amides is 1. The number of hydrogen-bond donors (Lipinski definition) is 1. The maximum absolute atomic E-state index is 13.0. The molecule has 7 heteroatoms. The standard InChI is InChI=1S/C16H23FN2O3S/c1-3-12(2)18-16(20)15-6-4-5-11-19(15)23(21,22)14-9-7-13(17)8-10-14/h7-10,12,15H,3-6,11H2,1-2H3,(H,18,20). The maximum atomic E-state index is 13.0. The largest absolute Gasteiger partial charge is 0.352 e. The van der Waals surface area contributed by atoms with Crippen LogP contribution >= 0.6 is 0 Å². The second-order valence-corrected chi connectivity index (χ2v) is 7.79. The highest BCUT2D eigenvalue weighted by Gasteiger charge is 2.37. The van der Waals surface area contributed by atoms with Crippen molar-refractivity contribution in [2.45, 2.75) is 56.5 Å². The molecule has 1 aliphatic rings. The predicted octanol–water partition coefficient (Wildman–Crippen LogP) is 2.28. The minimum absolute atomic E-state index is 0.000184. The first-order valence-corrected chi connectivity index (χ1v) is 9.38. The number of hydrogen-bond acceptors (Lipinski definition) is 3. The van der Waals surface area contributed by atoms with E-state index in [1.165, 1.54) is 16.4 Å². The van der Waals surface area contributed by atoms with Crippen LogP contribution in [0.5, 0.6) is 0 Å². The second kappa shape index (κ2) is 7.40. The van der Waals surface area contributed by atoms with Gasteiger partial charge in [-0.3, -0.25) is 4.79 Å². The molecule has 1 aliphatic heterocycles. The van der Waals surface area contributed by atoms with Crippen molar-refractivity contribution in [1.82, 2.24) is 9.62 Å². The van der Waals surface area contributed by atoms with Crippen molar-refractivity contribution in [3.05, 3.63) is 30.1 Å². The molecule has 0 bridgehead atoms. The minimum atomic E-state index is -3.81. The van der Waals surface area contributed by atoms with Crippen LogP contribution in [0.1, 0.15) is 39.5 Å². The van der Waals surface area contributed by atoms with Crippen molar-refractivity contribution in [2.75, 3.05) is 6.54 Å². The molecule has 2 atom stereocenters. The van der Waals surface area contributed by atoms with E-state index in [0.717, 1.165) is 25.0 Å². The SMILES string of the molecule is CCC(C)NC(=O)C1CCCCN1S(=O)(=O)c1ccc(F)cc1. The average molecular weight is 342 g/mol. The number of rotatable bonds is 5. The third-order valence-electron chi connectivity index (χ3n) is 4.18. The Balaban J connectivity index is 2.26. The van der Waals surface area contributed by atoms with Gasteiger partial charge in [-0.25, -0.2) is 12.8 Å². The summed E-state index contributed by atoms with van der Waals surface area (Å²) in [5.74, 6) is -0.751. The molecule has 1 aromatic rings. The van der Waals surface area contributed by atoms with Crippen LogP contribution in [0.2, 0.25) is 0 Å². The Morgan fingerprint density at radius 3 is 2.61 bits per heavy atom. The molecule has 0 aliphatic carbocycles. The first-order valence-electron chi connectivity index (χ1n) is 7.94. The quantitative estimate of drug-likeness (QED) is 0.893. The second-order valence-electron chi connectivity index (χ2n) is 5.90. The van der Waals surface area contributed by atoms with Crippen LogP contribution in [0.25, 0.3) is 0 Å². The van der Waals surface area contributed by atoms with E-state index < -0.39 is 21.9 Å². The summed E-state index contributed by atoms with van der Waals surface area (Å²) < 4.78 is 39.9. The normalized spacial score (nSPS) is 20.9. The molecule has 0 radical (unpaired) electrons. The third-order valence-corrected chi connectivity index (χ3v) is 6.10. The summed E-state index contributed by atoms with van der Waals surface area (Å²) in [6.07, 6.45) is 2.81. The van der Waals surface area contributed by atoms with Crippen molar-refractivity contribution in [2.24, 2.45) is 0 Å². The Morgan fingerprint density at radius 2 is 2.00 bits per heavy atom. The zero-order valence-corrected chi connectivity index (χ0v) is 14.3. The van der Waals surface area contributed by atoms with Crippen LogP contribution in [0.3, 0.4) is 0 Å². The first-order chi connectivity index (χ1) is 10.9. The summed E-state index contributed by atoms with van der Waals surface area (Å²) in [5, 5.41) is 2.86. The molecule has 128 valence electrons. The third kappa shape index (κ3) is 4.09. The molecule has 23 heavy (non-hydrogen) atoms. The number of benzene rings is 1. The van der Waals surface area contributed by atoms with Gasteiger partial charge in [-0.05, 0) is 50.5 Å². The summed E-state index contributed by atoms with van der Waals surface area (Å²) in [5.41, 5.74) is 0. The summed E-state index contributed by atoms with van der Waals surface area (Å²) in [6.45, 7) is 4.15. The van der Waals surface area contributed by atoms with Crippen molar-refractivity contribution >= 4 is 15.9 Å². The van der Waals surface area contributed by atoms with Crippen molar-refractivity contribution in [3.63, 3.8) is 0 Å². The highest BCUT2D eigenvalue weighted by molar-refractivity contribution is 7.89. The molecular weight excluding hydrogens is 319 g/mol. The van der Waals surface area contributed by atoms with Crippen molar-refractivity contribution < 1.29 is 17.6 Å². The number of piperidine rings is 1. The van der Waals surface area contributed by atoms with Crippen LogP contribution in [-0.2, 0) is 14.8 Å². The highest BCUT2D eigenvalue weighted by Crippen LogP contribution is 2.25. The van der Waals surface area contributed by atoms with Crippen LogP contribution in [0.4, 0.5) is 4.39 Å². The van der Waals surface area contributed by atoms with Crippen LogP contribution < -0.4 is 5.32 Å². The van der Waals surface area contributed by atoms with E-state index in [4.69, 9.17) is 0 Å². The molecule has 2 unspecified atom stereocenters. The summed E-state index contributed by atoms with van der Waals surface area (Å²) in [7, 11) is -3.81. The molecule has 1 aromatic carbocycles. The molecule has 2 rings (SSSR count). The number of nitrogens with zero attached hydrogens (tertiary/aromatic N) is 1. The average Bonchev–Trinajstić information content (AvgIpc) is 2.55. The molecule has 0 spiro atoms. The van der Waals surface area contributed by atoms with Gasteiger partial charge in [-0.15, -0.1) is 0 Å². The summed E-state index contributed by atoms with van der Waals surface area (Å²) in [6, 6.07) is 4.01. The molecule has 1 fully saturated rings. The Kier molecular flexibility index (Phi) is 5.75. The van der Waals surface area contributed by atoms with E-state index in [0.29, 0.717) is 19.4 Å². The lowest BCUT2D eigenvalue weighted by atomic mass is 10.0. The number of nitrogens with one attached hydrogen (secondary N) is 1. The topological polar surface area (TPSA) is 66.5 Å². The van der Waals surface area contributed by atoms with Crippen LogP contribution in [0.15, 0.2) is 29.2 Å². The van der Waals surface area contributed by atoms with Crippen LogP contribution in [0, 0.1) is 5.82 Å². The molecular formula is C16H23FN2O3S. The van der Waals surface area contributed by atoms with Gasteiger partial charge in [0.25, 0.3) is 0 Å². The maximum Gasteiger partial charge on any atom is 0.243 e. The van der Waals surface area contributed by atoms with E-state index in [1.54, 1.807) is 0 Å². The number of halogens is 1. The summed E-state index contributed by atoms with van der Waals surface area (Å²) in [4.78, 5) is 12.4. The molecule has 0 aromatic heterocycles. The van der Waals surface area contributed by atoms with Gasteiger partial charge in [0.05, 0.1) is 4.90 Å². The Morgan fingerprint density at radius 1 is 1.35 bits per heavy atom. The van der Waals surface area contributed by atoms with Gasteiger partial charge in [0.2, 0.25) is 15.9 Å². The van der Waals surface area contributed by atoms with Gasteiger partial charge < -0.3 is 5.32 Å². The molecule has 1 amide bonds. The van der Waals surface area contributed by atoms with Crippen molar-refractivity contribution in [1.29, 1.82) is 0 Å². The van der Waals surface area contributed by atoms with Gasteiger partial charge in [0, 0.05) is 12.6 Å². The van der Waals surface area contributed by atoms with Crippen molar-refractivity contribution in [3.8, 4) is 0 Å². The number of carbonyl (C=O) groups is 1. The van der Waals surface area contributed by atoms with E-state index >= 15 is 0 Å². The van der Waals surface area contributed by atoms with Gasteiger partial charge in [0.15, 0.2) is 0 Å². The lowest BCUT2D eigenvalue weighted by Gasteiger charge is -2.34. The molecule has 1 N–H and O–H groups in total. The fourth-order valence-corrected chi connectivity index (χ4v) is 4.29. The van der Waals surface area contributed by atoms with E-state index in [9.17, 15) is 17.6 Å². The molecule has 5 nitrogen and oxygen atoms in total. The molecule has 1 heterocycles. The smallest absolute Gasteiger partial charge is 0.243 e. The molecule has 0 saturated carbocycles. The minimum Gasteiger partial charge on any atom is -0.352 e. The van der Waals surface area contributed by atoms with E-state index in [2.05, 4.69) is 5.32 Å². The van der Waals surface area contributed by atoms with Crippen LogP contribution in [-0.4, -0.2) is 37.3 Å². The Bertz CT molecular complexity index is 646. The Hall–Kier alpha value is -1.47. The van der Waals surface area contributed by atoms with Gasteiger partial charge >= 0.3 is 0 Å². The van der Waals surface area contributed by atoms with Gasteiger partial charge in [-0.1, -0.05) is 13.3 Å². The van der Waals surface area contributed by atoms with E-state index in [-0.39, 0.29) is 16.8 Å². The summed E-state index contributed by atoms with van der Waals surface area (Å²) >= 11 is 0. The van der Waals surface area contributed by atoms with E-state index in [1.807, 2.05) is 13.8 Å². The monoisotopic (exact) mass is 342 g/mol. The first kappa shape index (κ1) is 17.9. The fraction of sp³-hybridized carbons (Fsp3) is 0.562. The van der Waals surface area contributed by atoms with Gasteiger partial charge in [-0.2, -0.15) is 4.31 Å².